The molecule has 8 aliphatic rings. The summed E-state index contributed by atoms with van der Waals surface area (Å²) in [6.45, 7) is 2.40. The number of carbonyl (C=O) groups excluding carboxylic acids is 2. The third kappa shape index (κ3) is 16.6. The van der Waals surface area contributed by atoms with Crippen LogP contribution >= 0.6 is 23.2 Å². The van der Waals surface area contributed by atoms with E-state index in [-0.39, 0.29) is 30.4 Å². The lowest BCUT2D eigenvalue weighted by molar-refractivity contribution is -0.117. The molecule has 0 bridgehead atoms. The van der Waals surface area contributed by atoms with E-state index >= 15 is 0 Å². The van der Waals surface area contributed by atoms with Gasteiger partial charge in [-0.15, -0.1) is 23.2 Å². The number of nitrogen functional groups attached to an aromatic ring is 4. The van der Waals surface area contributed by atoms with E-state index in [1.165, 1.54) is 6.92 Å². The lowest BCUT2D eigenvalue weighted by atomic mass is 9.77. The number of alkyl halides is 3. The summed E-state index contributed by atoms with van der Waals surface area (Å²) >= 11 is 9.53. The smallest absolute Gasteiger partial charge is 0.241 e. The van der Waals surface area contributed by atoms with Crippen LogP contribution in [0.2, 0.25) is 0 Å². The Labute approximate surface area is 685 Å². The first kappa shape index (κ1) is 80.4. The fraction of sp³-hybridized carbons (Fsp3) is 0.128. The highest BCUT2D eigenvalue weighted by molar-refractivity contribution is 6.40. The van der Waals surface area contributed by atoms with Crippen LogP contribution in [-0.2, 0) is 63.1 Å². The number of aliphatic hydroxyl groups excluding tert-OH is 3. The monoisotopic (exact) mass is 1600 g/mol. The quantitative estimate of drug-likeness (QED) is 0.0363. The SMILES string of the molecule is CC(=O)Nc1ccc2c(c1)Oc1cc(N)ccc1C21OCc2ccccc21.CO.ClCCl.N=c1ccc2c(-c3ccccc3CO)c3ccc(N)cc3oc-2c1.N=c1ccc2c(-c3ccccc3CO)c3ccc(N)cc3oc-2c1.Nc1ccc2c(c1)Oc1cc(NC(=O)[C@@H](N)Cc3ccccc3)ccc1C21OCc2ccccc21.[2H]CF. The van der Waals surface area contributed by atoms with Crippen molar-refractivity contribution in [1.82, 2.24) is 0 Å². The molecule has 20 nitrogen and oxygen atoms in total. The molecule has 0 saturated heterocycles. The predicted octanol–water partition coefficient (Wildman–Crippen LogP) is 18.0. The van der Waals surface area contributed by atoms with Gasteiger partial charge < -0.3 is 93.2 Å². The zero-order valence-electron chi connectivity index (χ0n) is 64.6. The molecule has 0 radical (unpaired) electrons. The number of benzene rings is 13. The number of fused-ring (bicyclic) bond motifs is 16. The number of nitrogens with one attached hydrogen (secondary N) is 4. The van der Waals surface area contributed by atoms with E-state index in [0.29, 0.717) is 110 Å². The van der Waals surface area contributed by atoms with Gasteiger partial charge in [-0.1, -0.05) is 127 Å². The van der Waals surface area contributed by atoms with E-state index < -0.39 is 24.4 Å². The number of anilines is 6. The summed E-state index contributed by atoms with van der Waals surface area (Å²) in [6.07, 6.45) is 0.453. The second-order valence-corrected chi connectivity index (χ2v) is 28.3. The Bertz CT molecular complexity index is 6080. The van der Waals surface area contributed by atoms with Crippen LogP contribution < -0.4 is 59.5 Å². The third-order valence-electron chi connectivity index (χ3n) is 20.2. The number of amides is 2. The molecule has 2 aliphatic carbocycles. The molecule has 2 spiro atoms. The number of rotatable bonds is 9. The topological polar surface area (TPSA) is 360 Å². The fourth-order valence-electron chi connectivity index (χ4n) is 15.3. The Kier molecular flexibility index (Phi) is 24.8. The first-order chi connectivity index (χ1) is 57.3. The Morgan fingerprint density at radius 2 is 0.855 bits per heavy atom. The molecule has 6 heterocycles. The number of nitrogens with two attached hydrogens (primary N) is 5. The fourth-order valence-corrected chi connectivity index (χ4v) is 15.3. The van der Waals surface area contributed by atoms with Crippen molar-refractivity contribution in [1.29, 1.82) is 10.8 Å². The van der Waals surface area contributed by atoms with Crippen LogP contribution in [-0.4, -0.2) is 52.8 Å². The van der Waals surface area contributed by atoms with Gasteiger partial charge in [-0.3, -0.25) is 14.0 Å². The number of aliphatic hydroxyl groups is 3. The largest absolute Gasteiger partial charge is 0.456 e. The average molecular weight is 1610 g/mol. The van der Waals surface area contributed by atoms with Gasteiger partial charge in [0.05, 0.1) is 57.0 Å². The van der Waals surface area contributed by atoms with Crippen molar-refractivity contribution in [3.63, 3.8) is 0 Å². The molecule has 23 heteroatoms. The molecule has 592 valence electrons. The zero-order valence-corrected chi connectivity index (χ0v) is 65.1. The van der Waals surface area contributed by atoms with Crippen molar-refractivity contribution < 1.29 is 58.5 Å². The molecule has 117 heavy (non-hydrogen) atoms. The first-order valence-electron chi connectivity index (χ1n) is 37.7. The van der Waals surface area contributed by atoms with E-state index in [0.717, 1.165) is 112 Å². The van der Waals surface area contributed by atoms with Gasteiger partial charge in [-0.25, -0.2) is 0 Å². The summed E-state index contributed by atoms with van der Waals surface area (Å²) in [5.41, 5.74) is 50.1. The summed E-state index contributed by atoms with van der Waals surface area (Å²) in [5, 5.41) is 50.7. The van der Waals surface area contributed by atoms with E-state index in [4.69, 9.17) is 96.9 Å². The van der Waals surface area contributed by atoms with Gasteiger partial charge >= 0.3 is 0 Å². The Balaban J connectivity index is 0.000000134. The van der Waals surface area contributed by atoms with Gasteiger partial charge in [0.25, 0.3) is 0 Å². The standard InChI is InChI=1S/C29H25N3O3.C22H18N2O3.2C20H16N2O2.CH2Cl2.CH3F.CH4O/c30-20-10-12-23-26(15-20)35-27-16-21(32-28(33)25(31)14-18-6-2-1-3-7-18)11-13-24(27)29(23)22-9-5-4-8-19(22)17-34-29;1-13(25)24-16-7-9-19-21(11-16)27-20-10-15(23)6-8-18(20)22(19)17-5-3-2-4-14(17)12-26-22;2*21-13-5-7-16-18(9-13)24-19-10-14(22)6-8-17(19)20(16)15-4-2-1-3-12(15)11-23;2-1-3;2*1-2/h1-13,15-16,25H,14,17,30-31H2,(H,32,33);2-11H,12,23H2,1H3,(H,24,25);2*1-10,21,23H,11,22H2;1H2;1H3;2H,1H3/t25-,29?;;;;;;/m0....../s1/i;;;;;1D;. The van der Waals surface area contributed by atoms with Gasteiger partial charge in [0.1, 0.15) is 45.7 Å². The third-order valence-corrected chi connectivity index (χ3v) is 20.2. The maximum Gasteiger partial charge on any atom is 0.241 e. The molecular formula is C94H84Cl2FN9O11. The predicted molar refractivity (Wildman–Crippen MR) is 459 cm³/mol. The van der Waals surface area contributed by atoms with Gasteiger partial charge in [0, 0.05) is 152 Å². The van der Waals surface area contributed by atoms with Crippen molar-refractivity contribution in [3.8, 4) is 67.9 Å². The highest BCUT2D eigenvalue weighted by atomic mass is 35.5. The molecule has 6 aliphatic heterocycles. The second kappa shape index (κ2) is 36.1. The Morgan fingerprint density at radius 1 is 0.479 bits per heavy atom. The van der Waals surface area contributed by atoms with E-state index in [9.17, 15) is 24.2 Å². The number of carbonyl (C=O) groups is 2. The van der Waals surface area contributed by atoms with Crippen LogP contribution in [0.25, 0.3) is 66.8 Å². The molecule has 2 amide bonds. The first-order valence-corrected chi connectivity index (χ1v) is 38.1. The molecule has 11 aromatic carbocycles. The number of hydrogen-bond donors (Lipinski definition) is 12. The van der Waals surface area contributed by atoms with Gasteiger partial charge in [0.15, 0.2) is 11.2 Å². The maximum absolute atomic E-state index is 12.8. The van der Waals surface area contributed by atoms with Crippen LogP contribution in [0.1, 0.15) is 69.5 Å². The van der Waals surface area contributed by atoms with Crippen molar-refractivity contribution in [3.05, 3.63) is 345 Å². The molecule has 0 fully saturated rings. The minimum atomic E-state index is -1.00. The number of ether oxygens (including phenoxy) is 4. The van der Waals surface area contributed by atoms with Gasteiger partial charge in [-0.2, -0.15) is 0 Å². The molecule has 3 atom stereocenters. The van der Waals surface area contributed by atoms with Crippen LogP contribution in [0.15, 0.2) is 282 Å². The van der Waals surface area contributed by atoms with E-state index in [1.54, 1.807) is 36.4 Å². The van der Waals surface area contributed by atoms with Crippen molar-refractivity contribution in [2.24, 2.45) is 5.73 Å². The highest BCUT2D eigenvalue weighted by Gasteiger charge is 2.51. The molecule has 0 aromatic heterocycles. The summed E-state index contributed by atoms with van der Waals surface area (Å²) in [7, 11) is 0. The zero-order chi connectivity index (χ0) is 83.4. The molecule has 11 aromatic rings. The van der Waals surface area contributed by atoms with Crippen molar-refractivity contribution in [2.45, 2.75) is 57.0 Å². The van der Waals surface area contributed by atoms with Gasteiger partial charge in [-0.05, 0) is 154 Å². The Morgan fingerprint density at radius 3 is 1.29 bits per heavy atom. The highest BCUT2D eigenvalue weighted by Crippen LogP contribution is 2.59. The lowest BCUT2D eigenvalue weighted by Crippen LogP contribution is -2.37. The van der Waals surface area contributed by atoms with Gasteiger partial charge in [0.2, 0.25) is 11.8 Å². The van der Waals surface area contributed by atoms with E-state index in [1.807, 2.05) is 212 Å². The van der Waals surface area contributed by atoms with Crippen LogP contribution in [0.3, 0.4) is 0 Å². The minimum Gasteiger partial charge on any atom is -0.456 e. The van der Waals surface area contributed by atoms with Crippen molar-refractivity contribution in [2.75, 3.05) is 53.2 Å². The maximum atomic E-state index is 12.8. The number of halogens is 3. The molecule has 17 N–H and O–H groups in total. The summed E-state index contributed by atoms with van der Waals surface area (Å²) in [4.78, 5) is 24.3. The average Bonchev–Trinajstić information content (AvgIpc) is 1.50. The molecule has 0 saturated carbocycles. The molecule has 2 unspecified atom stereocenters. The van der Waals surface area contributed by atoms with Crippen molar-refractivity contribution >= 4 is 91.1 Å². The summed E-state index contributed by atoms with van der Waals surface area (Å²) in [5.74, 6) is 3.42. The summed E-state index contributed by atoms with van der Waals surface area (Å²) in [6, 6.07) is 85.4. The minimum absolute atomic E-state index is 0.0449. The molecule has 19 rings (SSSR count). The van der Waals surface area contributed by atoms with Crippen LogP contribution in [0.4, 0.5) is 38.5 Å². The normalized spacial score (nSPS) is 14.8. The van der Waals surface area contributed by atoms with E-state index in [2.05, 4.69) is 34.9 Å². The number of hydrogen-bond acceptors (Lipinski definition) is 18. The van der Waals surface area contributed by atoms with Crippen LogP contribution in [0.5, 0.6) is 23.0 Å². The summed E-state index contributed by atoms with van der Waals surface area (Å²) < 4.78 is 52.9. The Hall–Kier alpha value is -13.2. The van der Waals surface area contributed by atoms with Crippen LogP contribution in [0, 0.1) is 10.8 Å². The lowest BCUT2D eigenvalue weighted by Gasteiger charge is -2.37. The second-order valence-electron chi connectivity index (χ2n) is 27.5. The molecular weight excluding hydrogens is 1520 g/mol.